The molecule has 0 saturated carbocycles. The summed E-state index contributed by atoms with van der Waals surface area (Å²) in [5, 5.41) is 2.83. The predicted molar refractivity (Wildman–Crippen MR) is 81.8 cm³/mol. The third kappa shape index (κ3) is 3.32. The fraction of sp³-hybridized carbons (Fsp3) is 0.188. The van der Waals surface area contributed by atoms with Crippen molar-refractivity contribution < 1.29 is 14.3 Å². The molecule has 21 heavy (non-hydrogen) atoms. The second-order valence-electron chi connectivity index (χ2n) is 4.38. The van der Waals surface area contributed by atoms with Crippen LogP contribution in [0.25, 0.3) is 0 Å². The van der Waals surface area contributed by atoms with E-state index in [2.05, 4.69) is 5.32 Å². The molecule has 3 N–H and O–H groups in total. The zero-order chi connectivity index (χ0) is 15.2. The second kappa shape index (κ2) is 6.76. The Bertz CT molecular complexity index is 641. The summed E-state index contributed by atoms with van der Waals surface area (Å²) < 4.78 is 10.4. The summed E-state index contributed by atoms with van der Waals surface area (Å²) in [4.78, 5) is 12.4. The fourth-order valence-electron chi connectivity index (χ4n) is 2.01. The number of benzene rings is 2. The lowest BCUT2D eigenvalue weighted by Gasteiger charge is -2.13. The van der Waals surface area contributed by atoms with Crippen LogP contribution in [0.15, 0.2) is 42.5 Å². The quantitative estimate of drug-likeness (QED) is 0.885. The number of carbonyl (C=O) groups excluding carboxylic acids is 1. The van der Waals surface area contributed by atoms with Crippen LogP contribution >= 0.6 is 0 Å². The van der Waals surface area contributed by atoms with E-state index in [9.17, 15) is 4.79 Å². The highest BCUT2D eigenvalue weighted by molar-refractivity contribution is 6.06. The molecule has 5 nitrogen and oxygen atoms in total. The maximum Gasteiger partial charge on any atom is 0.256 e. The summed E-state index contributed by atoms with van der Waals surface area (Å²) in [6.07, 6.45) is 0. The van der Waals surface area contributed by atoms with Crippen molar-refractivity contribution in [2.24, 2.45) is 5.73 Å². The minimum Gasteiger partial charge on any atom is -0.497 e. The van der Waals surface area contributed by atoms with Gasteiger partial charge < -0.3 is 20.5 Å². The molecule has 5 heteroatoms. The van der Waals surface area contributed by atoms with E-state index in [1.54, 1.807) is 37.4 Å². The van der Waals surface area contributed by atoms with Crippen LogP contribution < -0.4 is 20.5 Å². The summed E-state index contributed by atoms with van der Waals surface area (Å²) >= 11 is 0. The van der Waals surface area contributed by atoms with Gasteiger partial charge in [-0.2, -0.15) is 0 Å². The Morgan fingerprint density at radius 2 is 1.90 bits per heavy atom. The zero-order valence-electron chi connectivity index (χ0n) is 12.1. The first-order valence-electron chi connectivity index (χ1n) is 6.51. The van der Waals surface area contributed by atoms with Gasteiger partial charge in [-0.1, -0.05) is 18.2 Å². The van der Waals surface area contributed by atoms with E-state index < -0.39 is 0 Å². The van der Waals surface area contributed by atoms with Gasteiger partial charge in [-0.3, -0.25) is 4.79 Å². The molecule has 0 heterocycles. The highest BCUT2D eigenvalue weighted by Gasteiger charge is 2.13. The van der Waals surface area contributed by atoms with E-state index in [1.807, 2.05) is 12.1 Å². The summed E-state index contributed by atoms with van der Waals surface area (Å²) in [7, 11) is 3.11. The molecule has 0 aromatic heterocycles. The predicted octanol–water partition coefficient (Wildman–Crippen LogP) is 2.41. The molecule has 2 aromatic carbocycles. The van der Waals surface area contributed by atoms with Gasteiger partial charge in [-0.25, -0.2) is 0 Å². The first kappa shape index (κ1) is 14.9. The minimum atomic E-state index is -0.223. The van der Waals surface area contributed by atoms with Gasteiger partial charge in [-0.15, -0.1) is 0 Å². The number of hydrogen-bond donors (Lipinski definition) is 2. The van der Waals surface area contributed by atoms with Crippen LogP contribution in [0, 0.1) is 0 Å². The zero-order valence-corrected chi connectivity index (χ0v) is 12.1. The maximum absolute atomic E-state index is 12.4. The van der Waals surface area contributed by atoms with Gasteiger partial charge >= 0.3 is 0 Å². The van der Waals surface area contributed by atoms with Crippen molar-refractivity contribution >= 4 is 11.6 Å². The molecule has 0 saturated heterocycles. The SMILES string of the molecule is COc1ccc(NC(=O)c2ccccc2CN)c(OC)c1. The number of ether oxygens (including phenoxy) is 2. The van der Waals surface area contributed by atoms with E-state index in [-0.39, 0.29) is 5.91 Å². The number of nitrogens with one attached hydrogen (secondary N) is 1. The third-order valence-corrected chi connectivity index (χ3v) is 3.14. The molecule has 2 aromatic rings. The molecule has 110 valence electrons. The van der Waals surface area contributed by atoms with Crippen LogP contribution in [0.2, 0.25) is 0 Å². The second-order valence-corrected chi connectivity index (χ2v) is 4.38. The van der Waals surface area contributed by atoms with Crippen molar-refractivity contribution in [1.29, 1.82) is 0 Å². The molecule has 2 rings (SSSR count). The summed E-state index contributed by atoms with van der Waals surface area (Å²) in [5.41, 5.74) is 7.58. The molecule has 0 aliphatic carbocycles. The standard InChI is InChI=1S/C16H18N2O3/c1-20-12-7-8-14(15(9-12)21-2)18-16(19)13-6-4-3-5-11(13)10-17/h3-9H,10,17H2,1-2H3,(H,18,19). The summed E-state index contributed by atoms with van der Waals surface area (Å²) in [5.74, 6) is 0.972. The Labute approximate surface area is 123 Å². The van der Waals surface area contributed by atoms with E-state index >= 15 is 0 Å². The molecule has 0 fully saturated rings. The number of methoxy groups -OCH3 is 2. The maximum atomic E-state index is 12.4. The van der Waals surface area contributed by atoms with Gasteiger partial charge in [0.25, 0.3) is 5.91 Å². The van der Waals surface area contributed by atoms with Crippen LogP contribution in [0.3, 0.4) is 0 Å². The summed E-state index contributed by atoms with van der Waals surface area (Å²) in [6, 6.07) is 12.4. The largest absolute Gasteiger partial charge is 0.497 e. The first-order chi connectivity index (χ1) is 10.2. The third-order valence-electron chi connectivity index (χ3n) is 3.14. The normalized spacial score (nSPS) is 10.0. The van der Waals surface area contributed by atoms with Crippen LogP contribution in [0.1, 0.15) is 15.9 Å². The molecule has 0 unspecified atom stereocenters. The number of carbonyl (C=O) groups is 1. The van der Waals surface area contributed by atoms with E-state index in [1.165, 1.54) is 7.11 Å². The molecular weight excluding hydrogens is 268 g/mol. The number of hydrogen-bond acceptors (Lipinski definition) is 4. The monoisotopic (exact) mass is 286 g/mol. The number of amides is 1. The van der Waals surface area contributed by atoms with Crippen LogP contribution in [0.5, 0.6) is 11.5 Å². The van der Waals surface area contributed by atoms with Crippen molar-refractivity contribution in [3.63, 3.8) is 0 Å². The fourth-order valence-corrected chi connectivity index (χ4v) is 2.01. The van der Waals surface area contributed by atoms with Crippen LogP contribution in [0.4, 0.5) is 5.69 Å². The average Bonchev–Trinajstić information content (AvgIpc) is 2.55. The van der Waals surface area contributed by atoms with Crippen LogP contribution in [-0.4, -0.2) is 20.1 Å². The molecule has 0 spiro atoms. The van der Waals surface area contributed by atoms with Gasteiger partial charge in [0.1, 0.15) is 11.5 Å². The lowest BCUT2D eigenvalue weighted by Crippen LogP contribution is -2.16. The van der Waals surface area contributed by atoms with Crippen molar-refractivity contribution in [1.82, 2.24) is 0 Å². The molecule has 0 aliphatic rings. The van der Waals surface area contributed by atoms with Gasteiger partial charge in [0.15, 0.2) is 0 Å². The average molecular weight is 286 g/mol. The van der Waals surface area contributed by atoms with E-state index in [4.69, 9.17) is 15.2 Å². The molecule has 0 radical (unpaired) electrons. The summed E-state index contributed by atoms with van der Waals surface area (Å²) in [6.45, 7) is 0.309. The molecule has 0 atom stereocenters. The molecule has 0 bridgehead atoms. The highest BCUT2D eigenvalue weighted by atomic mass is 16.5. The number of nitrogens with two attached hydrogens (primary N) is 1. The molecule has 1 amide bonds. The Balaban J connectivity index is 2.27. The van der Waals surface area contributed by atoms with Gasteiger partial charge in [0, 0.05) is 18.2 Å². The van der Waals surface area contributed by atoms with Crippen molar-refractivity contribution in [2.45, 2.75) is 6.54 Å². The Kier molecular flexibility index (Phi) is 4.79. The molecular formula is C16H18N2O3. The topological polar surface area (TPSA) is 73.6 Å². The van der Waals surface area contributed by atoms with E-state index in [0.29, 0.717) is 29.3 Å². The van der Waals surface area contributed by atoms with Gasteiger partial charge in [0.05, 0.1) is 19.9 Å². The van der Waals surface area contributed by atoms with E-state index in [0.717, 1.165) is 5.56 Å². The smallest absolute Gasteiger partial charge is 0.256 e. The Hall–Kier alpha value is -2.53. The lowest BCUT2D eigenvalue weighted by molar-refractivity contribution is 0.102. The highest BCUT2D eigenvalue weighted by Crippen LogP contribution is 2.29. The van der Waals surface area contributed by atoms with Crippen molar-refractivity contribution in [3.05, 3.63) is 53.6 Å². The number of anilines is 1. The van der Waals surface area contributed by atoms with Crippen molar-refractivity contribution in [3.8, 4) is 11.5 Å². The minimum absolute atomic E-state index is 0.223. The Morgan fingerprint density at radius 3 is 2.57 bits per heavy atom. The van der Waals surface area contributed by atoms with Crippen molar-refractivity contribution in [2.75, 3.05) is 19.5 Å². The Morgan fingerprint density at radius 1 is 1.14 bits per heavy atom. The lowest BCUT2D eigenvalue weighted by atomic mass is 10.1. The molecule has 0 aliphatic heterocycles. The van der Waals surface area contributed by atoms with Crippen LogP contribution in [-0.2, 0) is 6.54 Å². The van der Waals surface area contributed by atoms with Gasteiger partial charge in [-0.05, 0) is 23.8 Å². The number of rotatable bonds is 5. The van der Waals surface area contributed by atoms with Gasteiger partial charge in [0.2, 0.25) is 0 Å². The first-order valence-corrected chi connectivity index (χ1v) is 6.51.